The van der Waals surface area contributed by atoms with Gasteiger partial charge in [-0.25, -0.2) is 9.67 Å². The quantitative estimate of drug-likeness (QED) is 0.504. The van der Waals surface area contributed by atoms with Gasteiger partial charge in [0, 0.05) is 37.0 Å². The molecule has 0 aromatic carbocycles. The maximum atomic E-state index is 9.95. The number of ether oxygens (including phenoxy) is 1. The van der Waals surface area contributed by atoms with Crippen LogP contribution in [0.3, 0.4) is 0 Å². The largest absolute Gasteiger partial charge is 0.393 e. The van der Waals surface area contributed by atoms with E-state index in [9.17, 15) is 5.11 Å². The van der Waals surface area contributed by atoms with Crippen LogP contribution in [0.4, 0.5) is 0 Å². The molecule has 0 spiro atoms. The number of aliphatic imine (C=N–C) groups is 1. The summed E-state index contributed by atoms with van der Waals surface area (Å²) >= 11 is 0. The third-order valence-electron chi connectivity index (χ3n) is 6.27. The van der Waals surface area contributed by atoms with Crippen LogP contribution in [0, 0.1) is 6.92 Å². The molecule has 7 heteroatoms. The van der Waals surface area contributed by atoms with Crippen LogP contribution in [-0.4, -0.2) is 61.4 Å². The molecule has 0 unspecified atom stereocenters. The van der Waals surface area contributed by atoms with Crippen LogP contribution < -0.4 is 10.6 Å². The summed E-state index contributed by atoms with van der Waals surface area (Å²) in [5.74, 6) is 1.45. The lowest BCUT2D eigenvalue weighted by Crippen LogP contribution is -2.35. The molecule has 162 valence electrons. The zero-order chi connectivity index (χ0) is 20.8. The van der Waals surface area contributed by atoms with E-state index in [4.69, 9.17) is 9.84 Å². The smallest absolute Gasteiger partial charge is 0.240 e. The highest BCUT2D eigenvalue weighted by Gasteiger charge is 2.28. The topological polar surface area (TPSA) is 83.2 Å². The molecule has 2 fully saturated rings. The van der Waals surface area contributed by atoms with Gasteiger partial charge in [0.25, 0.3) is 0 Å². The molecule has 2 atom stereocenters. The van der Waals surface area contributed by atoms with E-state index in [-0.39, 0.29) is 12.1 Å². The first-order chi connectivity index (χ1) is 14.0. The molecule has 2 heterocycles. The summed E-state index contributed by atoms with van der Waals surface area (Å²) in [7, 11) is 1.69. The Balaban J connectivity index is 1.94. The van der Waals surface area contributed by atoms with Crippen molar-refractivity contribution in [3.63, 3.8) is 0 Å². The molecule has 1 saturated carbocycles. The number of nitrogens with one attached hydrogen (secondary N) is 2. The summed E-state index contributed by atoms with van der Waals surface area (Å²) in [6.45, 7) is 10.6. The Morgan fingerprint density at radius 1 is 1.34 bits per heavy atom. The molecule has 1 aliphatic carbocycles. The van der Waals surface area contributed by atoms with Crippen molar-refractivity contribution in [1.29, 1.82) is 0 Å². The van der Waals surface area contributed by atoms with Crippen LogP contribution in [-0.2, 0) is 4.74 Å². The van der Waals surface area contributed by atoms with Gasteiger partial charge in [0.15, 0.2) is 0 Å². The number of hydrogen-bond acceptors (Lipinski definition) is 4. The van der Waals surface area contributed by atoms with Crippen molar-refractivity contribution in [2.75, 3.05) is 26.8 Å². The van der Waals surface area contributed by atoms with Gasteiger partial charge in [-0.3, -0.25) is 0 Å². The van der Waals surface area contributed by atoms with Crippen molar-refractivity contribution < 1.29 is 9.84 Å². The van der Waals surface area contributed by atoms with Gasteiger partial charge in [-0.1, -0.05) is 0 Å². The first-order valence-electron chi connectivity index (χ1n) is 11.0. The number of aliphatic hydroxyl groups is 1. The predicted molar refractivity (Wildman–Crippen MR) is 118 cm³/mol. The first kappa shape index (κ1) is 22.0. The molecule has 1 aromatic heterocycles. The number of methoxy groups -OCH3 is 1. The molecule has 0 amide bonds. The van der Waals surface area contributed by atoms with Gasteiger partial charge >= 0.3 is 0 Å². The maximum Gasteiger partial charge on any atom is 0.240 e. The second kappa shape index (κ2) is 10.4. The van der Waals surface area contributed by atoms with E-state index < -0.39 is 0 Å². The minimum Gasteiger partial charge on any atom is -0.393 e. The van der Waals surface area contributed by atoms with E-state index in [1.807, 2.05) is 6.92 Å². The van der Waals surface area contributed by atoms with Crippen molar-refractivity contribution in [2.24, 2.45) is 10.1 Å². The third-order valence-corrected chi connectivity index (χ3v) is 6.27. The molecule has 1 saturated heterocycles. The molecule has 2 aliphatic rings. The Labute approximate surface area is 174 Å². The van der Waals surface area contributed by atoms with Gasteiger partial charge in [0.2, 0.25) is 5.96 Å². The number of nitrogens with zero attached hydrogens (tertiary/aromatic N) is 3. The Morgan fingerprint density at radius 3 is 2.72 bits per heavy atom. The summed E-state index contributed by atoms with van der Waals surface area (Å²) in [4.78, 5) is 4.13. The summed E-state index contributed by atoms with van der Waals surface area (Å²) in [5.41, 5.74) is 3.80. The second-order valence-electron chi connectivity index (χ2n) is 8.55. The van der Waals surface area contributed by atoms with Crippen LogP contribution in [0.25, 0.3) is 0 Å². The molecule has 29 heavy (non-hydrogen) atoms. The number of piperidine rings is 1. The Kier molecular flexibility index (Phi) is 7.86. The van der Waals surface area contributed by atoms with Crippen LogP contribution in [0.2, 0.25) is 0 Å². The Morgan fingerprint density at radius 2 is 2.10 bits per heavy atom. The van der Waals surface area contributed by atoms with Crippen molar-refractivity contribution in [3.8, 4) is 0 Å². The average molecular weight is 404 g/mol. The zero-order valence-corrected chi connectivity index (χ0v) is 18.2. The molecule has 7 nitrogen and oxygen atoms in total. The van der Waals surface area contributed by atoms with Crippen molar-refractivity contribution in [3.05, 3.63) is 23.0 Å². The van der Waals surface area contributed by atoms with E-state index in [1.165, 1.54) is 29.8 Å². The third kappa shape index (κ3) is 5.47. The van der Waals surface area contributed by atoms with Crippen molar-refractivity contribution in [2.45, 2.75) is 76.4 Å². The molecule has 0 bridgehead atoms. The fourth-order valence-electron chi connectivity index (χ4n) is 4.68. The summed E-state index contributed by atoms with van der Waals surface area (Å²) in [6.07, 6.45) is 5.95. The highest BCUT2D eigenvalue weighted by molar-refractivity contribution is 5.84. The highest BCUT2D eigenvalue weighted by atomic mass is 16.5. The Bertz CT molecular complexity index is 700. The summed E-state index contributed by atoms with van der Waals surface area (Å²) in [5, 5.41) is 21.6. The summed E-state index contributed by atoms with van der Waals surface area (Å²) in [6, 6.07) is 2.45. The maximum absolute atomic E-state index is 9.95. The van der Waals surface area contributed by atoms with Crippen molar-refractivity contribution in [1.82, 2.24) is 15.3 Å². The number of rotatable bonds is 6. The van der Waals surface area contributed by atoms with Crippen LogP contribution in [0.5, 0.6) is 0 Å². The molecular formula is C22H37N5O2. The van der Waals surface area contributed by atoms with E-state index in [0.717, 1.165) is 38.8 Å². The molecule has 3 N–H and O–H groups in total. The first-order valence-corrected chi connectivity index (χ1v) is 11.0. The lowest BCUT2D eigenvalue weighted by molar-refractivity contribution is 0.121. The minimum absolute atomic E-state index is 0.0930. The number of aliphatic hydroxyl groups excluding tert-OH is 1. The standard InChI is InChI=1S/C22H37N5O2/c1-15(14-29-4)25-22(23-3)26-27-16(2)20(18-6-5-11-24-13-18)12-21(27)17-7-9-19(28)10-8-17/h12,15,17-19,24,28H,3,5-11,13-14H2,1-2,4H3,(H,25,26)/t15-,17-,18-,19-/m0/s1. The second-order valence-corrected chi connectivity index (χ2v) is 8.55. The number of aromatic nitrogens is 1. The Hall–Kier alpha value is -1.70. The minimum atomic E-state index is -0.164. The lowest BCUT2D eigenvalue weighted by atomic mass is 9.84. The monoisotopic (exact) mass is 403 g/mol. The highest BCUT2D eigenvalue weighted by Crippen LogP contribution is 2.37. The van der Waals surface area contributed by atoms with Gasteiger partial charge in [0.05, 0.1) is 12.7 Å². The van der Waals surface area contributed by atoms with Gasteiger partial charge < -0.3 is 20.5 Å². The molecule has 1 aromatic rings. The fourth-order valence-corrected chi connectivity index (χ4v) is 4.68. The van der Waals surface area contributed by atoms with Gasteiger partial charge in [-0.15, -0.1) is 5.10 Å². The predicted octanol–water partition coefficient (Wildman–Crippen LogP) is 2.73. The van der Waals surface area contributed by atoms with Gasteiger partial charge in [-0.2, -0.15) is 0 Å². The van der Waals surface area contributed by atoms with Crippen LogP contribution in [0.1, 0.15) is 74.2 Å². The average Bonchev–Trinajstić information content (AvgIpc) is 3.05. The van der Waals surface area contributed by atoms with Crippen LogP contribution in [0.15, 0.2) is 16.2 Å². The zero-order valence-electron chi connectivity index (χ0n) is 18.2. The molecule has 3 rings (SSSR count). The van der Waals surface area contributed by atoms with Gasteiger partial charge in [-0.05, 0) is 83.2 Å². The van der Waals surface area contributed by atoms with Crippen molar-refractivity contribution >= 4 is 12.7 Å². The number of guanidine groups is 1. The molecular weight excluding hydrogens is 366 g/mol. The van der Waals surface area contributed by atoms with E-state index >= 15 is 0 Å². The lowest BCUT2D eigenvalue weighted by Gasteiger charge is -2.26. The van der Waals surface area contributed by atoms with E-state index in [1.54, 1.807) is 7.11 Å². The van der Waals surface area contributed by atoms with E-state index in [2.05, 4.69) is 40.0 Å². The molecule has 0 radical (unpaired) electrons. The SMILES string of the molecule is C=N/C(=N\n1c(C)c([C@H]2CCCNC2)cc1[C@H]1CC[C@H](O)CC1)N[C@@H](C)COC. The molecule has 1 aliphatic heterocycles. The summed E-state index contributed by atoms with van der Waals surface area (Å²) < 4.78 is 7.29. The van der Waals surface area contributed by atoms with E-state index in [0.29, 0.717) is 24.4 Å². The van der Waals surface area contributed by atoms with Crippen LogP contribution >= 0.6 is 0 Å². The fraction of sp³-hybridized carbons (Fsp3) is 0.727. The van der Waals surface area contributed by atoms with Gasteiger partial charge in [0.1, 0.15) is 0 Å². The number of hydrogen-bond donors (Lipinski definition) is 3. The normalized spacial score (nSPS) is 26.9.